The lowest BCUT2D eigenvalue weighted by Gasteiger charge is -2.15. The Labute approximate surface area is 225 Å². The molecule has 0 bridgehead atoms. The highest BCUT2D eigenvalue weighted by molar-refractivity contribution is 5.98. The van der Waals surface area contributed by atoms with Gasteiger partial charge in [-0.25, -0.2) is 4.98 Å². The molecule has 2 heterocycles. The topological polar surface area (TPSA) is 75.5 Å². The number of amides is 1. The molecule has 0 aliphatic carbocycles. The number of ketones is 1. The Bertz CT molecular complexity index is 1540. The van der Waals surface area contributed by atoms with Gasteiger partial charge < -0.3 is 10.6 Å². The van der Waals surface area contributed by atoms with Crippen molar-refractivity contribution in [1.82, 2.24) is 14.7 Å². The largest absolute Gasteiger partial charge is 0.390 e. The number of benzene rings is 2. The molecule has 0 unspecified atom stereocenters. The number of aryl methyl sites for hydroxylation is 2. The van der Waals surface area contributed by atoms with Gasteiger partial charge in [-0.05, 0) is 55.7 Å². The molecule has 0 aliphatic heterocycles. The van der Waals surface area contributed by atoms with Gasteiger partial charge in [0.15, 0.2) is 11.4 Å². The molecule has 204 valence electrons. The van der Waals surface area contributed by atoms with E-state index in [0.29, 0.717) is 35.4 Å². The van der Waals surface area contributed by atoms with Crippen molar-refractivity contribution in [3.63, 3.8) is 0 Å². The van der Waals surface area contributed by atoms with E-state index in [2.05, 4.69) is 15.6 Å². The number of hydrogen-bond donors (Lipinski definition) is 2. The van der Waals surface area contributed by atoms with Crippen molar-refractivity contribution >= 4 is 23.0 Å². The molecule has 0 atom stereocenters. The van der Waals surface area contributed by atoms with E-state index in [9.17, 15) is 22.8 Å². The number of rotatable bonds is 9. The number of anilines is 1. The monoisotopic (exact) mass is 536 g/mol. The lowest BCUT2D eigenvalue weighted by Crippen LogP contribution is -2.23. The third-order valence-electron chi connectivity index (χ3n) is 6.62. The zero-order chi connectivity index (χ0) is 28.3. The Morgan fingerprint density at radius 1 is 0.923 bits per heavy atom. The lowest BCUT2D eigenvalue weighted by atomic mass is 9.99. The molecule has 1 amide bonds. The fourth-order valence-corrected chi connectivity index (χ4v) is 4.61. The van der Waals surface area contributed by atoms with Crippen LogP contribution in [0.1, 0.15) is 58.5 Å². The summed E-state index contributed by atoms with van der Waals surface area (Å²) in [5.41, 5.74) is 6.90. The van der Waals surface area contributed by atoms with E-state index in [1.165, 1.54) is 0 Å². The first-order valence-corrected chi connectivity index (χ1v) is 12.9. The maximum Gasteiger partial charge on any atom is 0.390 e. The van der Waals surface area contributed by atoms with Crippen LogP contribution in [0, 0.1) is 13.8 Å². The molecule has 0 saturated heterocycles. The molecule has 4 aromatic rings. The molecule has 0 fully saturated rings. The van der Waals surface area contributed by atoms with Crippen molar-refractivity contribution in [1.29, 1.82) is 0 Å². The summed E-state index contributed by atoms with van der Waals surface area (Å²) in [6.45, 7) is 7.61. The summed E-state index contributed by atoms with van der Waals surface area (Å²) in [4.78, 5) is 29.2. The Balaban J connectivity index is 1.82. The number of carbonyl (C=O) groups excluding carboxylic acids is 2. The van der Waals surface area contributed by atoms with E-state index in [-0.39, 0.29) is 18.2 Å². The molecule has 2 aromatic heterocycles. The van der Waals surface area contributed by atoms with Crippen LogP contribution >= 0.6 is 0 Å². The number of aromatic nitrogens is 2. The van der Waals surface area contributed by atoms with Crippen molar-refractivity contribution in [2.24, 2.45) is 0 Å². The summed E-state index contributed by atoms with van der Waals surface area (Å²) in [6.07, 6.45) is -1.31. The van der Waals surface area contributed by atoms with Crippen LogP contribution < -0.4 is 10.6 Å². The fraction of sp³-hybridized carbons (Fsp3) is 0.300. The Morgan fingerprint density at radius 2 is 1.59 bits per heavy atom. The minimum atomic E-state index is -4.29. The molecule has 0 aliphatic rings. The molecule has 39 heavy (non-hydrogen) atoms. The first-order valence-electron chi connectivity index (χ1n) is 12.9. The number of imidazole rings is 1. The third-order valence-corrected chi connectivity index (χ3v) is 6.62. The molecule has 2 aromatic carbocycles. The summed E-state index contributed by atoms with van der Waals surface area (Å²) in [5, 5.41) is 5.71. The van der Waals surface area contributed by atoms with E-state index in [1.54, 1.807) is 24.4 Å². The first kappa shape index (κ1) is 27.9. The quantitative estimate of drug-likeness (QED) is 0.226. The smallest absolute Gasteiger partial charge is 0.382 e. The van der Waals surface area contributed by atoms with Gasteiger partial charge in [-0.2, -0.15) is 13.2 Å². The van der Waals surface area contributed by atoms with Gasteiger partial charge in [-0.1, -0.05) is 31.2 Å². The van der Waals surface area contributed by atoms with Gasteiger partial charge in [0.1, 0.15) is 0 Å². The highest BCUT2D eigenvalue weighted by Gasteiger charge is 2.26. The number of pyridine rings is 1. The van der Waals surface area contributed by atoms with E-state index >= 15 is 0 Å². The zero-order valence-corrected chi connectivity index (χ0v) is 22.4. The first-order chi connectivity index (χ1) is 18.5. The molecule has 9 heteroatoms. The molecule has 0 radical (unpaired) electrons. The van der Waals surface area contributed by atoms with Crippen LogP contribution in [0.3, 0.4) is 0 Å². The number of hydrogen-bond acceptors (Lipinski definition) is 4. The summed E-state index contributed by atoms with van der Waals surface area (Å²) in [6, 6.07) is 12.8. The van der Waals surface area contributed by atoms with Crippen molar-refractivity contribution in [3.05, 3.63) is 77.1 Å². The van der Waals surface area contributed by atoms with Crippen LogP contribution in [0.4, 0.5) is 18.9 Å². The van der Waals surface area contributed by atoms with Gasteiger partial charge >= 0.3 is 6.18 Å². The maximum atomic E-state index is 12.9. The van der Waals surface area contributed by atoms with Gasteiger partial charge in [-0.3, -0.25) is 14.0 Å². The lowest BCUT2D eigenvalue weighted by molar-refractivity contribution is -0.131. The van der Waals surface area contributed by atoms with Gasteiger partial charge in [0.05, 0.1) is 24.0 Å². The Morgan fingerprint density at radius 3 is 2.23 bits per heavy atom. The second kappa shape index (κ2) is 11.3. The van der Waals surface area contributed by atoms with Crippen molar-refractivity contribution in [3.8, 4) is 22.4 Å². The normalized spacial score (nSPS) is 11.6. The maximum absolute atomic E-state index is 12.9. The highest BCUT2D eigenvalue weighted by Crippen LogP contribution is 2.32. The van der Waals surface area contributed by atoms with Crippen LogP contribution in [0.25, 0.3) is 28.0 Å². The minimum absolute atomic E-state index is 0.0575. The number of alkyl halides is 3. The average molecular weight is 537 g/mol. The van der Waals surface area contributed by atoms with Gasteiger partial charge in [0.25, 0.3) is 5.91 Å². The van der Waals surface area contributed by atoms with Crippen LogP contribution in [0.15, 0.2) is 54.9 Å². The van der Waals surface area contributed by atoms with Gasteiger partial charge in [0, 0.05) is 48.0 Å². The fourth-order valence-electron chi connectivity index (χ4n) is 4.61. The Kier molecular flexibility index (Phi) is 8.09. The number of nitrogens with one attached hydrogen (secondary N) is 2. The molecule has 0 saturated carbocycles. The number of fused-ring (bicyclic) bond motifs is 1. The van der Waals surface area contributed by atoms with E-state index in [0.717, 1.165) is 33.5 Å². The highest BCUT2D eigenvalue weighted by atomic mass is 19.4. The summed E-state index contributed by atoms with van der Waals surface area (Å²) in [5.74, 6) is -0.106. The standard InChI is InChI=1S/C30H31F3N4O2/c1-5-27(38)23-9-8-21(14-18(23)3)26-16-36-28-25(35-12-11-30(31,32)33)15-22(17-37(26)28)20-7-10-24(19(4)13-20)29(39)34-6-2/h7-10,13-17,35H,5-6,11-12H2,1-4H3,(H,34,39). The van der Waals surface area contributed by atoms with Crippen molar-refractivity contribution < 1.29 is 22.8 Å². The van der Waals surface area contributed by atoms with Crippen LogP contribution in [-0.2, 0) is 0 Å². The van der Waals surface area contributed by atoms with Crippen LogP contribution in [0.5, 0.6) is 0 Å². The average Bonchev–Trinajstić information content (AvgIpc) is 3.31. The number of Topliss-reactive ketones (excluding diaryl/α,β-unsaturated/α-hetero) is 1. The van der Waals surface area contributed by atoms with Crippen LogP contribution in [-0.4, -0.2) is 40.3 Å². The second-order valence-electron chi connectivity index (χ2n) is 9.47. The zero-order valence-electron chi connectivity index (χ0n) is 22.4. The Hall–Kier alpha value is -4.14. The van der Waals surface area contributed by atoms with Gasteiger partial charge in [0.2, 0.25) is 0 Å². The van der Waals surface area contributed by atoms with E-state index in [4.69, 9.17) is 0 Å². The van der Waals surface area contributed by atoms with Crippen LogP contribution in [0.2, 0.25) is 0 Å². The van der Waals surface area contributed by atoms with E-state index in [1.807, 2.05) is 62.6 Å². The molecule has 0 spiro atoms. The molecule has 6 nitrogen and oxygen atoms in total. The molecule has 4 rings (SSSR count). The summed E-state index contributed by atoms with van der Waals surface area (Å²) in [7, 11) is 0. The van der Waals surface area contributed by atoms with Gasteiger partial charge in [-0.15, -0.1) is 0 Å². The third kappa shape index (κ3) is 6.13. The number of carbonyl (C=O) groups is 2. The van der Waals surface area contributed by atoms with Crippen molar-refractivity contribution in [2.45, 2.75) is 46.7 Å². The predicted molar refractivity (Wildman–Crippen MR) is 147 cm³/mol. The minimum Gasteiger partial charge on any atom is -0.382 e. The van der Waals surface area contributed by atoms with E-state index < -0.39 is 12.6 Å². The van der Waals surface area contributed by atoms with Crippen molar-refractivity contribution in [2.75, 3.05) is 18.4 Å². The molecular formula is C30H31F3N4O2. The summed E-state index contributed by atoms with van der Waals surface area (Å²) >= 11 is 0. The molecule has 2 N–H and O–H groups in total. The summed E-state index contributed by atoms with van der Waals surface area (Å²) < 4.78 is 40.5. The number of nitrogens with zero attached hydrogens (tertiary/aromatic N) is 2. The second-order valence-corrected chi connectivity index (χ2v) is 9.47. The molecular weight excluding hydrogens is 505 g/mol. The predicted octanol–water partition coefficient (Wildman–Crippen LogP) is 6.99. The SMILES string of the molecule is CCNC(=O)c1ccc(-c2cc(NCCC(F)(F)F)c3ncc(-c4ccc(C(=O)CC)c(C)c4)n3c2)cc1C. The number of halogens is 3.